The molecule has 0 aliphatic carbocycles. The number of thiophene rings is 1. The second kappa shape index (κ2) is 13.9. The first kappa shape index (κ1) is 30.3. The molecule has 11 heteroatoms. The minimum Gasteiger partial charge on any atom is -0.325 e. The van der Waals surface area contributed by atoms with Crippen molar-refractivity contribution in [2.45, 2.75) is 69.2 Å². The first-order chi connectivity index (χ1) is 20.4. The molecule has 224 valence electrons. The molecule has 5 rings (SSSR count). The number of fused-ring (bicyclic) bond motifs is 1. The number of imidazole rings is 1. The predicted molar refractivity (Wildman–Crippen MR) is 169 cm³/mol. The van der Waals surface area contributed by atoms with E-state index in [1.807, 2.05) is 30.3 Å². The number of unbranched alkanes of at least 4 members (excludes halogenated alkanes) is 5. The predicted octanol–water partition coefficient (Wildman–Crippen LogP) is 5.85. The Labute approximate surface area is 252 Å². The van der Waals surface area contributed by atoms with Crippen LogP contribution in [0, 0.1) is 0 Å². The monoisotopic (exact) mass is 608 g/mol. The van der Waals surface area contributed by atoms with E-state index < -0.39 is 16.1 Å². The average Bonchev–Trinajstić information content (AvgIpc) is 3.68. The Morgan fingerprint density at radius 3 is 2.62 bits per heavy atom. The molecule has 0 bridgehead atoms. The fourth-order valence-corrected chi connectivity index (χ4v) is 8.33. The first-order valence-electron chi connectivity index (χ1n) is 14.9. The van der Waals surface area contributed by atoms with Gasteiger partial charge in [-0.15, -0.1) is 11.3 Å². The molecule has 1 aliphatic rings. The maximum Gasteiger partial charge on any atom is 0.253 e. The fraction of sp³-hybridized carbons (Fsp3) is 0.452. The summed E-state index contributed by atoms with van der Waals surface area (Å²) in [4.78, 5) is 25.1. The molecule has 0 spiro atoms. The Hall–Kier alpha value is -3.12. The van der Waals surface area contributed by atoms with Gasteiger partial charge in [-0.05, 0) is 61.7 Å². The molecule has 1 N–H and O–H groups in total. The minimum absolute atomic E-state index is 0.263. The van der Waals surface area contributed by atoms with Crippen molar-refractivity contribution >= 4 is 44.0 Å². The van der Waals surface area contributed by atoms with Crippen molar-refractivity contribution in [2.75, 3.05) is 31.5 Å². The zero-order valence-corrected chi connectivity index (χ0v) is 26.0. The van der Waals surface area contributed by atoms with E-state index in [1.165, 1.54) is 41.3 Å². The molecule has 1 aliphatic heterocycles. The molecule has 1 fully saturated rings. The van der Waals surface area contributed by atoms with Crippen molar-refractivity contribution < 1.29 is 13.2 Å². The van der Waals surface area contributed by atoms with Crippen LogP contribution in [0.5, 0.6) is 0 Å². The van der Waals surface area contributed by atoms with E-state index >= 15 is 0 Å². The molecule has 3 aromatic heterocycles. The largest absolute Gasteiger partial charge is 0.325 e. The highest BCUT2D eigenvalue weighted by molar-refractivity contribution is 7.91. The Balaban J connectivity index is 1.35. The number of hydrogen-bond acceptors (Lipinski definition) is 7. The molecule has 4 heterocycles. The number of aromatic nitrogens is 3. The van der Waals surface area contributed by atoms with Gasteiger partial charge in [-0.25, -0.2) is 13.4 Å². The zero-order valence-electron chi connectivity index (χ0n) is 24.4. The average molecular weight is 609 g/mol. The van der Waals surface area contributed by atoms with Crippen molar-refractivity contribution in [3.8, 4) is 11.4 Å². The number of nitrogens with zero attached hydrogens (tertiary/aromatic N) is 5. The van der Waals surface area contributed by atoms with Crippen molar-refractivity contribution in [1.29, 1.82) is 0 Å². The number of aryl methyl sites for hydroxylation is 1. The van der Waals surface area contributed by atoms with E-state index in [0.29, 0.717) is 18.8 Å². The van der Waals surface area contributed by atoms with Crippen LogP contribution in [0.4, 0.5) is 5.69 Å². The standard InChI is InChI=1S/C31H40N6O3S2/c1-3-5-6-7-8-9-17-35-18-19-37(42(39,40)29-13-11-20-41-29)28(23-35)31(38)33-25-14-15-27-26(21-25)34-30(36(27)4-2)24-12-10-16-32-22-24/h10-16,20-22,28H,3-9,17-19,23H2,1-2H3,(H,33,38). The summed E-state index contributed by atoms with van der Waals surface area (Å²) < 4.78 is 30.9. The highest BCUT2D eigenvalue weighted by Gasteiger charge is 2.40. The van der Waals surface area contributed by atoms with Crippen LogP contribution in [0.1, 0.15) is 52.4 Å². The second-order valence-electron chi connectivity index (χ2n) is 10.7. The third kappa shape index (κ3) is 6.75. The lowest BCUT2D eigenvalue weighted by Crippen LogP contribution is -2.59. The second-order valence-corrected chi connectivity index (χ2v) is 13.8. The Bertz CT molecular complexity index is 1570. The van der Waals surface area contributed by atoms with E-state index in [2.05, 4.69) is 33.6 Å². The van der Waals surface area contributed by atoms with Gasteiger partial charge in [0.1, 0.15) is 16.1 Å². The number of rotatable bonds is 13. The van der Waals surface area contributed by atoms with E-state index in [9.17, 15) is 13.2 Å². The number of sulfonamides is 1. The third-order valence-corrected chi connectivity index (χ3v) is 11.1. The number of piperazine rings is 1. The van der Waals surface area contributed by atoms with Gasteiger partial charge in [-0.3, -0.25) is 14.7 Å². The van der Waals surface area contributed by atoms with E-state index in [4.69, 9.17) is 4.98 Å². The molecule has 1 atom stereocenters. The smallest absolute Gasteiger partial charge is 0.253 e. The normalized spacial score (nSPS) is 16.7. The van der Waals surface area contributed by atoms with Crippen LogP contribution in [0.2, 0.25) is 0 Å². The highest BCUT2D eigenvalue weighted by atomic mass is 32.2. The summed E-state index contributed by atoms with van der Waals surface area (Å²) in [7, 11) is -3.79. The summed E-state index contributed by atoms with van der Waals surface area (Å²) in [5.74, 6) is 0.486. The Kier molecular flexibility index (Phi) is 10.0. The van der Waals surface area contributed by atoms with Gasteiger partial charge in [0.05, 0.1) is 11.0 Å². The topological polar surface area (TPSA) is 100 Å². The molecule has 1 amide bonds. The fourth-order valence-electron chi connectivity index (χ4n) is 5.64. The van der Waals surface area contributed by atoms with Gasteiger partial charge in [0.25, 0.3) is 10.0 Å². The minimum atomic E-state index is -3.79. The van der Waals surface area contributed by atoms with Crippen LogP contribution in [-0.2, 0) is 21.4 Å². The molecule has 42 heavy (non-hydrogen) atoms. The molecule has 1 aromatic carbocycles. The van der Waals surface area contributed by atoms with Gasteiger partial charge < -0.3 is 9.88 Å². The molecule has 1 saturated heterocycles. The Morgan fingerprint density at radius 1 is 1.05 bits per heavy atom. The summed E-state index contributed by atoms with van der Waals surface area (Å²) in [5, 5.41) is 4.77. The SMILES string of the molecule is CCCCCCCCN1CCN(S(=O)(=O)c2cccs2)C(C(=O)Nc2ccc3c(c2)nc(-c2cccnc2)n3CC)C1. The molecular formula is C31H40N6O3S2. The number of carbonyl (C=O) groups excluding carboxylic acids is 1. The third-order valence-electron chi connectivity index (χ3n) is 7.86. The van der Waals surface area contributed by atoms with Crippen molar-refractivity contribution in [1.82, 2.24) is 23.7 Å². The van der Waals surface area contributed by atoms with Gasteiger partial charge >= 0.3 is 0 Å². The maximum absolute atomic E-state index is 13.8. The lowest BCUT2D eigenvalue weighted by Gasteiger charge is -2.39. The summed E-state index contributed by atoms with van der Waals surface area (Å²) >= 11 is 1.18. The van der Waals surface area contributed by atoms with Crippen molar-refractivity contribution in [3.63, 3.8) is 0 Å². The van der Waals surface area contributed by atoms with Gasteiger partial charge in [-0.2, -0.15) is 4.31 Å². The summed E-state index contributed by atoms with van der Waals surface area (Å²) in [5.41, 5.74) is 3.22. The van der Waals surface area contributed by atoms with E-state index in [1.54, 1.807) is 29.9 Å². The number of hydrogen-bond donors (Lipinski definition) is 1. The van der Waals surface area contributed by atoms with Crippen molar-refractivity contribution in [2.24, 2.45) is 0 Å². The summed E-state index contributed by atoms with van der Waals surface area (Å²) in [6.07, 6.45) is 10.7. The lowest BCUT2D eigenvalue weighted by molar-refractivity contribution is -0.121. The number of benzene rings is 1. The number of carbonyl (C=O) groups is 1. The van der Waals surface area contributed by atoms with Crippen LogP contribution in [-0.4, -0.2) is 70.3 Å². The number of pyridine rings is 1. The van der Waals surface area contributed by atoms with Crippen LogP contribution in [0.15, 0.2) is 64.4 Å². The molecule has 0 radical (unpaired) electrons. The molecule has 4 aromatic rings. The molecule has 9 nitrogen and oxygen atoms in total. The molecule has 1 unspecified atom stereocenters. The van der Waals surface area contributed by atoms with Crippen LogP contribution >= 0.6 is 11.3 Å². The molecule has 0 saturated carbocycles. The van der Waals surface area contributed by atoms with Gasteiger partial charge in [-0.1, -0.05) is 45.1 Å². The van der Waals surface area contributed by atoms with Gasteiger partial charge in [0, 0.05) is 49.8 Å². The van der Waals surface area contributed by atoms with Gasteiger partial charge in [0.15, 0.2) is 0 Å². The van der Waals surface area contributed by atoms with Gasteiger partial charge in [0.2, 0.25) is 5.91 Å². The number of anilines is 1. The van der Waals surface area contributed by atoms with E-state index in [-0.39, 0.29) is 16.7 Å². The van der Waals surface area contributed by atoms with Crippen molar-refractivity contribution in [3.05, 3.63) is 60.2 Å². The first-order valence-corrected chi connectivity index (χ1v) is 17.2. The molecular weight excluding hydrogens is 569 g/mol. The Morgan fingerprint density at radius 2 is 1.88 bits per heavy atom. The maximum atomic E-state index is 13.8. The van der Waals surface area contributed by atoms with Crippen LogP contribution in [0.3, 0.4) is 0 Å². The van der Waals surface area contributed by atoms with E-state index in [0.717, 1.165) is 48.4 Å². The lowest BCUT2D eigenvalue weighted by atomic mass is 10.1. The van der Waals surface area contributed by atoms with Crippen LogP contribution < -0.4 is 5.32 Å². The van der Waals surface area contributed by atoms with Crippen LogP contribution in [0.25, 0.3) is 22.4 Å². The highest BCUT2D eigenvalue weighted by Crippen LogP contribution is 2.28. The zero-order chi connectivity index (χ0) is 29.5. The number of nitrogens with one attached hydrogen (secondary N) is 1. The summed E-state index contributed by atoms with van der Waals surface area (Å²) in [6, 6.07) is 12.0. The summed E-state index contributed by atoms with van der Waals surface area (Å²) in [6.45, 7) is 7.13. The number of amides is 1. The quantitative estimate of drug-likeness (QED) is 0.191.